The summed E-state index contributed by atoms with van der Waals surface area (Å²) in [7, 11) is 1.36. The third-order valence-electron chi connectivity index (χ3n) is 4.96. The minimum atomic E-state index is -1.37. The van der Waals surface area contributed by atoms with E-state index in [2.05, 4.69) is 5.32 Å². The van der Waals surface area contributed by atoms with E-state index in [1.165, 1.54) is 7.11 Å². The average Bonchev–Trinajstić information content (AvgIpc) is 2.63. The standard InChI is InChI=1S/C20H27NO4/c1-4-21-20(12-6-5-11-19(20,24)14-22)15(2)13-16-7-9-17(10-8-16)18(23)25-3/h5-12,15,21-22,24H,4,13-14H2,1-3H3/t15-,19?,20?/m1/s1. The van der Waals surface area contributed by atoms with Gasteiger partial charge in [-0.3, -0.25) is 0 Å². The molecule has 1 aliphatic carbocycles. The largest absolute Gasteiger partial charge is 0.465 e. The molecule has 5 heteroatoms. The first-order valence-electron chi connectivity index (χ1n) is 8.55. The molecule has 0 saturated heterocycles. The number of hydrogen-bond acceptors (Lipinski definition) is 5. The molecule has 1 aromatic rings. The number of esters is 1. The normalized spacial score (nSPS) is 26.4. The summed E-state index contributed by atoms with van der Waals surface area (Å²) >= 11 is 0. The predicted octanol–water partition coefficient (Wildman–Crippen LogP) is 1.85. The third-order valence-corrected chi connectivity index (χ3v) is 4.96. The molecule has 0 radical (unpaired) electrons. The van der Waals surface area contributed by atoms with Crippen LogP contribution in [0.5, 0.6) is 0 Å². The van der Waals surface area contributed by atoms with E-state index in [1.807, 2.05) is 38.1 Å². The summed E-state index contributed by atoms with van der Waals surface area (Å²) in [6.07, 6.45) is 7.90. The van der Waals surface area contributed by atoms with E-state index in [9.17, 15) is 15.0 Å². The number of aliphatic hydroxyl groups is 2. The van der Waals surface area contributed by atoms with Crippen molar-refractivity contribution in [3.05, 3.63) is 59.7 Å². The summed E-state index contributed by atoms with van der Waals surface area (Å²) in [4.78, 5) is 11.5. The zero-order chi connectivity index (χ0) is 18.5. The average molecular weight is 345 g/mol. The highest BCUT2D eigenvalue weighted by molar-refractivity contribution is 5.89. The van der Waals surface area contributed by atoms with Gasteiger partial charge in [-0.25, -0.2) is 4.79 Å². The van der Waals surface area contributed by atoms with Crippen molar-refractivity contribution >= 4 is 5.97 Å². The van der Waals surface area contributed by atoms with Gasteiger partial charge < -0.3 is 20.3 Å². The highest BCUT2D eigenvalue weighted by atomic mass is 16.5. The minimum Gasteiger partial charge on any atom is -0.465 e. The molecule has 0 spiro atoms. The van der Waals surface area contributed by atoms with Crippen molar-refractivity contribution in [3.8, 4) is 0 Å². The number of hydrogen-bond donors (Lipinski definition) is 3. The van der Waals surface area contributed by atoms with Gasteiger partial charge in [0.2, 0.25) is 0 Å². The number of carbonyl (C=O) groups excluding carboxylic acids is 1. The van der Waals surface area contributed by atoms with Gasteiger partial charge in [0, 0.05) is 0 Å². The van der Waals surface area contributed by atoms with Gasteiger partial charge in [-0.05, 0) is 42.7 Å². The van der Waals surface area contributed by atoms with E-state index < -0.39 is 11.1 Å². The maximum atomic E-state index is 11.5. The molecule has 0 amide bonds. The van der Waals surface area contributed by atoms with Crippen molar-refractivity contribution in [2.75, 3.05) is 20.3 Å². The lowest BCUT2D eigenvalue weighted by atomic mass is 9.67. The number of rotatable bonds is 7. The second-order valence-electron chi connectivity index (χ2n) is 6.49. The molecule has 3 N–H and O–H groups in total. The fourth-order valence-corrected chi connectivity index (χ4v) is 3.57. The molecule has 5 nitrogen and oxygen atoms in total. The number of aliphatic hydroxyl groups excluding tert-OH is 1. The van der Waals surface area contributed by atoms with Gasteiger partial charge in [-0.15, -0.1) is 0 Å². The molecular weight excluding hydrogens is 318 g/mol. The van der Waals surface area contributed by atoms with E-state index in [-0.39, 0.29) is 18.5 Å². The Labute approximate surface area is 149 Å². The number of nitrogens with one attached hydrogen (secondary N) is 1. The Balaban J connectivity index is 2.26. The van der Waals surface area contributed by atoms with E-state index in [1.54, 1.807) is 24.3 Å². The maximum absolute atomic E-state index is 11.5. The second-order valence-corrected chi connectivity index (χ2v) is 6.49. The van der Waals surface area contributed by atoms with E-state index >= 15 is 0 Å². The quantitative estimate of drug-likeness (QED) is 0.657. The van der Waals surface area contributed by atoms with Crippen molar-refractivity contribution in [1.82, 2.24) is 5.32 Å². The first-order chi connectivity index (χ1) is 11.9. The third kappa shape index (κ3) is 3.68. The lowest BCUT2D eigenvalue weighted by molar-refractivity contribution is -0.0535. The smallest absolute Gasteiger partial charge is 0.337 e. The van der Waals surface area contributed by atoms with Crippen LogP contribution in [0.25, 0.3) is 0 Å². The topological polar surface area (TPSA) is 78.8 Å². The van der Waals surface area contributed by atoms with E-state index in [0.29, 0.717) is 18.5 Å². The molecule has 136 valence electrons. The highest BCUT2D eigenvalue weighted by Crippen LogP contribution is 2.37. The van der Waals surface area contributed by atoms with Crippen LogP contribution in [-0.2, 0) is 11.2 Å². The van der Waals surface area contributed by atoms with Crippen LogP contribution in [0.4, 0.5) is 0 Å². The molecule has 0 fully saturated rings. The van der Waals surface area contributed by atoms with Crippen LogP contribution in [0.1, 0.15) is 29.8 Å². The van der Waals surface area contributed by atoms with E-state index in [0.717, 1.165) is 5.56 Å². The lowest BCUT2D eigenvalue weighted by Gasteiger charge is -2.49. The molecule has 25 heavy (non-hydrogen) atoms. The number of likely N-dealkylation sites (N-methyl/N-ethyl adjacent to an activating group) is 1. The Bertz CT molecular complexity index is 652. The van der Waals surface area contributed by atoms with Crippen molar-refractivity contribution in [2.45, 2.75) is 31.4 Å². The van der Waals surface area contributed by atoms with Crippen molar-refractivity contribution in [3.63, 3.8) is 0 Å². The van der Waals surface area contributed by atoms with Gasteiger partial charge >= 0.3 is 5.97 Å². The van der Waals surface area contributed by atoms with Crippen molar-refractivity contribution in [2.24, 2.45) is 5.92 Å². The van der Waals surface area contributed by atoms with Gasteiger partial charge in [0.15, 0.2) is 0 Å². The summed E-state index contributed by atoms with van der Waals surface area (Å²) in [5, 5.41) is 24.2. The summed E-state index contributed by atoms with van der Waals surface area (Å²) < 4.78 is 4.72. The molecular formula is C20H27NO4. The fourth-order valence-electron chi connectivity index (χ4n) is 3.57. The van der Waals surface area contributed by atoms with Gasteiger partial charge in [-0.1, -0.05) is 44.2 Å². The molecule has 3 atom stereocenters. The molecule has 2 unspecified atom stereocenters. The molecule has 1 aromatic carbocycles. The van der Waals surface area contributed by atoms with Gasteiger partial charge in [-0.2, -0.15) is 0 Å². The number of carbonyl (C=O) groups is 1. The SMILES string of the molecule is CCNC1([C@H](C)Cc2ccc(C(=O)OC)cc2)C=CC=CC1(O)CO. The molecule has 0 bridgehead atoms. The van der Waals surface area contributed by atoms with E-state index in [4.69, 9.17) is 4.74 Å². The molecule has 0 saturated carbocycles. The maximum Gasteiger partial charge on any atom is 0.337 e. The molecule has 1 aliphatic rings. The highest BCUT2D eigenvalue weighted by Gasteiger charge is 2.50. The number of benzene rings is 1. The lowest BCUT2D eigenvalue weighted by Crippen LogP contribution is -2.67. The van der Waals surface area contributed by atoms with Gasteiger partial charge in [0.1, 0.15) is 5.60 Å². The van der Waals surface area contributed by atoms with Crippen LogP contribution >= 0.6 is 0 Å². The molecule has 0 aromatic heterocycles. The molecule has 0 heterocycles. The van der Waals surface area contributed by atoms with Gasteiger partial charge in [0.05, 0.1) is 24.8 Å². The number of ether oxygens (including phenoxy) is 1. The Morgan fingerprint density at radius 1 is 1.24 bits per heavy atom. The first-order valence-corrected chi connectivity index (χ1v) is 8.55. The number of methoxy groups -OCH3 is 1. The Hall–Kier alpha value is -1.95. The Kier molecular flexibility index (Phi) is 6.16. The summed E-state index contributed by atoms with van der Waals surface area (Å²) in [6.45, 7) is 4.31. The van der Waals surface area contributed by atoms with Crippen LogP contribution in [0.3, 0.4) is 0 Å². The summed E-state index contributed by atoms with van der Waals surface area (Å²) in [5.74, 6) is -0.367. The predicted molar refractivity (Wildman–Crippen MR) is 97.4 cm³/mol. The molecule has 2 rings (SSSR count). The van der Waals surface area contributed by atoms with Crippen LogP contribution in [0.2, 0.25) is 0 Å². The first kappa shape index (κ1) is 19.4. The van der Waals surface area contributed by atoms with Crippen LogP contribution in [-0.4, -0.2) is 47.6 Å². The Morgan fingerprint density at radius 2 is 1.88 bits per heavy atom. The number of allylic oxidation sites excluding steroid dienone is 2. The monoisotopic (exact) mass is 345 g/mol. The van der Waals surface area contributed by atoms with Gasteiger partial charge in [0.25, 0.3) is 0 Å². The van der Waals surface area contributed by atoms with Crippen LogP contribution < -0.4 is 5.32 Å². The Morgan fingerprint density at radius 3 is 2.44 bits per heavy atom. The zero-order valence-electron chi connectivity index (χ0n) is 15.0. The van der Waals surface area contributed by atoms with Crippen LogP contribution in [0, 0.1) is 5.92 Å². The van der Waals surface area contributed by atoms with Crippen molar-refractivity contribution < 1.29 is 19.7 Å². The van der Waals surface area contributed by atoms with Crippen molar-refractivity contribution in [1.29, 1.82) is 0 Å². The summed E-state index contributed by atoms with van der Waals surface area (Å²) in [6, 6.07) is 7.26. The molecule has 0 aliphatic heterocycles. The fraction of sp³-hybridized carbons (Fsp3) is 0.450. The van der Waals surface area contributed by atoms with Crippen LogP contribution in [0.15, 0.2) is 48.6 Å². The second kappa shape index (κ2) is 7.95. The minimum absolute atomic E-state index is 0.00484. The zero-order valence-corrected chi connectivity index (χ0v) is 15.0. The summed E-state index contributed by atoms with van der Waals surface area (Å²) in [5.41, 5.74) is -0.594.